The Bertz CT molecular complexity index is 1010. The summed E-state index contributed by atoms with van der Waals surface area (Å²) in [5.74, 6) is 0.471. The van der Waals surface area contributed by atoms with Gasteiger partial charge < -0.3 is 10.1 Å². The minimum absolute atomic E-state index is 0.00514. The highest BCUT2D eigenvalue weighted by Crippen LogP contribution is 2.31. The van der Waals surface area contributed by atoms with Gasteiger partial charge in [0.05, 0.1) is 16.4 Å². The van der Waals surface area contributed by atoms with Gasteiger partial charge in [0.15, 0.2) is 5.75 Å². The molecule has 3 aromatic rings. The van der Waals surface area contributed by atoms with E-state index in [-0.39, 0.29) is 17.6 Å². The molecular weight excluding hydrogens is 401 g/mol. The van der Waals surface area contributed by atoms with Gasteiger partial charge in [-0.3, -0.25) is 9.69 Å². The van der Waals surface area contributed by atoms with Gasteiger partial charge in [-0.15, -0.1) is 11.3 Å². The Labute approximate surface area is 179 Å². The lowest BCUT2D eigenvalue weighted by molar-refractivity contribution is -0.121. The van der Waals surface area contributed by atoms with Gasteiger partial charge in [-0.2, -0.15) is 0 Å². The number of carbonyl (C=O) groups is 1. The highest BCUT2D eigenvalue weighted by Gasteiger charge is 2.26. The largest absolute Gasteiger partial charge is 0.455 e. The van der Waals surface area contributed by atoms with Crippen molar-refractivity contribution in [2.45, 2.75) is 26.3 Å². The van der Waals surface area contributed by atoms with Crippen LogP contribution in [0.15, 0.2) is 53.9 Å². The van der Waals surface area contributed by atoms with E-state index in [1.807, 2.05) is 19.1 Å². The van der Waals surface area contributed by atoms with Crippen LogP contribution in [-0.2, 0) is 11.3 Å². The van der Waals surface area contributed by atoms with Crippen LogP contribution in [0, 0.1) is 18.7 Å². The van der Waals surface area contributed by atoms with Crippen molar-refractivity contribution in [2.24, 2.45) is 5.92 Å². The van der Waals surface area contributed by atoms with Crippen LogP contribution in [0.25, 0.3) is 0 Å². The maximum atomic E-state index is 13.4. The Hall–Kier alpha value is -2.77. The van der Waals surface area contributed by atoms with Gasteiger partial charge in [-0.1, -0.05) is 18.2 Å². The molecular formula is C23H24FN3O2S. The Morgan fingerprint density at radius 3 is 2.77 bits per heavy atom. The number of ether oxygens (including phenoxy) is 1. The van der Waals surface area contributed by atoms with Crippen LogP contribution >= 0.6 is 11.3 Å². The van der Waals surface area contributed by atoms with Crippen molar-refractivity contribution in [3.05, 3.63) is 70.4 Å². The maximum Gasteiger partial charge on any atom is 0.227 e. The van der Waals surface area contributed by atoms with E-state index in [0.29, 0.717) is 17.2 Å². The summed E-state index contributed by atoms with van der Waals surface area (Å²) in [6.45, 7) is 4.59. The number of carbonyl (C=O) groups excluding carboxylic acids is 1. The first-order chi connectivity index (χ1) is 14.6. The van der Waals surface area contributed by atoms with Crippen LogP contribution < -0.4 is 10.1 Å². The molecule has 30 heavy (non-hydrogen) atoms. The van der Waals surface area contributed by atoms with Crippen molar-refractivity contribution < 1.29 is 13.9 Å². The van der Waals surface area contributed by atoms with E-state index in [1.165, 1.54) is 12.1 Å². The fraction of sp³-hybridized carbons (Fsp3) is 0.304. The van der Waals surface area contributed by atoms with E-state index in [0.717, 1.165) is 43.2 Å². The number of anilines is 1. The third kappa shape index (κ3) is 5.23. The van der Waals surface area contributed by atoms with Crippen LogP contribution in [0.5, 0.6) is 11.5 Å². The minimum atomic E-state index is -0.367. The Morgan fingerprint density at radius 1 is 1.23 bits per heavy atom. The third-order valence-electron chi connectivity index (χ3n) is 5.18. The van der Waals surface area contributed by atoms with Crippen LogP contribution in [0.3, 0.4) is 0 Å². The van der Waals surface area contributed by atoms with Gasteiger partial charge in [-0.25, -0.2) is 9.37 Å². The average molecular weight is 426 g/mol. The minimum Gasteiger partial charge on any atom is -0.455 e. The number of aromatic nitrogens is 1. The van der Waals surface area contributed by atoms with Gasteiger partial charge in [0, 0.05) is 23.9 Å². The van der Waals surface area contributed by atoms with Crippen molar-refractivity contribution in [3.8, 4) is 11.5 Å². The second kappa shape index (κ2) is 9.36. The number of amides is 1. The number of likely N-dealkylation sites (tertiary alicyclic amines) is 1. The number of aryl methyl sites for hydroxylation is 1. The number of benzene rings is 2. The van der Waals surface area contributed by atoms with Crippen molar-refractivity contribution in [3.63, 3.8) is 0 Å². The van der Waals surface area contributed by atoms with Gasteiger partial charge in [0.2, 0.25) is 5.91 Å². The zero-order chi connectivity index (χ0) is 20.9. The number of nitrogens with one attached hydrogen (secondary N) is 1. The van der Waals surface area contributed by atoms with Gasteiger partial charge in [-0.05, 0) is 57.1 Å². The highest BCUT2D eigenvalue weighted by atomic mass is 32.1. The van der Waals surface area contributed by atoms with Crippen molar-refractivity contribution >= 4 is 22.9 Å². The molecule has 5 nitrogen and oxygen atoms in total. The van der Waals surface area contributed by atoms with Crippen molar-refractivity contribution in [2.75, 3.05) is 18.4 Å². The normalized spacial score (nSPS) is 15.1. The summed E-state index contributed by atoms with van der Waals surface area (Å²) in [6, 6.07) is 13.2. The lowest BCUT2D eigenvalue weighted by Gasteiger charge is -2.30. The zero-order valence-electron chi connectivity index (χ0n) is 16.8. The molecule has 1 amide bonds. The SMILES string of the molecule is Cc1nc(CN2CCC(C(=O)Nc3ccccc3Oc3cccc(F)c3)CC2)cs1. The Balaban J connectivity index is 1.34. The molecule has 0 aliphatic carbocycles. The van der Waals surface area contributed by atoms with E-state index in [1.54, 1.807) is 35.6 Å². The zero-order valence-corrected chi connectivity index (χ0v) is 17.6. The van der Waals surface area contributed by atoms with Crippen LogP contribution in [0.1, 0.15) is 23.5 Å². The standard InChI is InChI=1S/C23H24FN3O2S/c1-16-25-19(15-30-16)14-27-11-9-17(10-12-27)23(28)26-21-7-2-3-8-22(21)29-20-6-4-5-18(24)13-20/h2-8,13,15,17H,9-12,14H2,1H3,(H,26,28). The molecule has 1 aliphatic rings. The molecule has 0 spiro atoms. The number of para-hydroxylation sites is 2. The summed E-state index contributed by atoms with van der Waals surface area (Å²) < 4.78 is 19.2. The summed E-state index contributed by atoms with van der Waals surface area (Å²) >= 11 is 1.67. The number of hydrogen-bond donors (Lipinski definition) is 1. The molecule has 0 bridgehead atoms. The van der Waals surface area contributed by atoms with Crippen LogP contribution in [0.4, 0.5) is 10.1 Å². The van der Waals surface area contributed by atoms with Gasteiger partial charge in [0.25, 0.3) is 0 Å². The van der Waals surface area contributed by atoms with Gasteiger partial charge >= 0.3 is 0 Å². The maximum absolute atomic E-state index is 13.4. The number of hydrogen-bond acceptors (Lipinski definition) is 5. The molecule has 4 rings (SSSR count). The summed E-state index contributed by atoms with van der Waals surface area (Å²) in [5, 5.41) is 6.18. The summed E-state index contributed by atoms with van der Waals surface area (Å²) in [4.78, 5) is 19.7. The summed E-state index contributed by atoms with van der Waals surface area (Å²) in [6.07, 6.45) is 1.61. The van der Waals surface area contributed by atoms with Crippen LogP contribution in [-0.4, -0.2) is 28.9 Å². The van der Waals surface area contributed by atoms with Gasteiger partial charge in [0.1, 0.15) is 11.6 Å². The quantitative estimate of drug-likeness (QED) is 0.587. The number of rotatable bonds is 6. The lowest BCUT2D eigenvalue weighted by atomic mass is 9.95. The van der Waals surface area contributed by atoms with E-state index in [9.17, 15) is 9.18 Å². The van der Waals surface area contributed by atoms with E-state index in [4.69, 9.17) is 4.74 Å². The van der Waals surface area contributed by atoms with Crippen molar-refractivity contribution in [1.29, 1.82) is 0 Å². The molecule has 156 valence electrons. The summed E-state index contributed by atoms with van der Waals surface area (Å²) in [5.41, 5.74) is 1.69. The first-order valence-corrected chi connectivity index (χ1v) is 10.9. The second-order valence-corrected chi connectivity index (χ2v) is 8.52. The summed E-state index contributed by atoms with van der Waals surface area (Å²) in [7, 11) is 0. The van der Waals surface area contributed by atoms with Crippen molar-refractivity contribution in [1.82, 2.24) is 9.88 Å². The predicted molar refractivity (Wildman–Crippen MR) is 116 cm³/mol. The second-order valence-electron chi connectivity index (χ2n) is 7.45. The Kier molecular flexibility index (Phi) is 6.40. The smallest absolute Gasteiger partial charge is 0.227 e. The molecule has 1 saturated heterocycles. The number of nitrogens with zero attached hydrogens (tertiary/aromatic N) is 2. The van der Waals surface area contributed by atoms with E-state index < -0.39 is 0 Å². The molecule has 1 fully saturated rings. The highest BCUT2D eigenvalue weighted by molar-refractivity contribution is 7.09. The molecule has 0 unspecified atom stereocenters. The molecule has 7 heteroatoms. The predicted octanol–water partition coefficient (Wildman–Crippen LogP) is 5.23. The molecule has 0 radical (unpaired) electrons. The molecule has 1 aliphatic heterocycles. The van der Waals surface area contributed by atoms with Crippen LogP contribution in [0.2, 0.25) is 0 Å². The molecule has 2 heterocycles. The molecule has 0 atom stereocenters. The molecule has 1 N–H and O–H groups in total. The average Bonchev–Trinajstić information content (AvgIpc) is 3.14. The molecule has 1 aromatic heterocycles. The fourth-order valence-corrected chi connectivity index (χ4v) is 4.22. The first-order valence-electron chi connectivity index (χ1n) is 10.0. The fourth-order valence-electron chi connectivity index (χ4n) is 3.61. The third-order valence-corrected chi connectivity index (χ3v) is 6.00. The first kappa shape index (κ1) is 20.5. The molecule has 2 aromatic carbocycles. The number of halogens is 1. The molecule has 0 saturated carbocycles. The van der Waals surface area contributed by atoms with E-state index in [2.05, 4.69) is 20.6 Å². The Morgan fingerprint density at radius 2 is 2.03 bits per heavy atom. The van der Waals surface area contributed by atoms with E-state index >= 15 is 0 Å². The number of piperidine rings is 1. The lowest BCUT2D eigenvalue weighted by Crippen LogP contribution is -2.37. The topological polar surface area (TPSA) is 54.5 Å². The number of thiazole rings is 1. The monoisotopic (exact) mass is 425 g/mol.